The Balaban J connectivity index is 1.57. The minimum atomic E-state index is -0.923. The van der Waals surface area contributed by atoms with E-state index in [0.29, 0.717) is 15.8 Å². The minimum absolute atomic E-state index is 0.0428. The summed E-state index contributed by atoms with van der Waals surface area (Å²) in [6, 6.07) is 11.8. The molecule has 0 saturated carbocycles. The van der Waals surface area contributed by atoms with Crippen LogP contribution in [-0.4, -0.2) is 33.2 Å². The Labute approximate surface area is 157 Å². The third-order valence-corrected chi connectivity index (χ3v) is 6.66. The van der Waals surface area contributed by atoms with Gasteiger partial charge in [0.15, 0.2) is 0 Å². The predicted molar refractivity (Wildman–Crippen MR) is 104 cm³/mol. The van der Waals surface area contributed by atoms with Crippen LogP contribution in [0.3, 0.4) is 0 Å². The summed E-state index contributed by atoms with van der Waals surface area (Å²) >= 11 is 7.40. The molecule has 2 N–H and O–H groups in total. The van der Waals surface area contributed by atoms with Crippen LogP contribution < -0.4 is 5.32 Å². The van der Waals surface area contributed by atoms with E-state index in [4.69, 9.17) is 11.6 Å². The molecule has 4 nitrogen and oxygen atoms in total. The standard InChI is InChI=1S/C18H17ClN2O2S2/c1-25(23)9-13-12-5-3-2-4-10(12)6-14(13)20-17(22)15-7-11-8-16(19)24-18(11)21-15/h2-5,7-8,13-14,21H,6,9H2,1H3,(H,20,22)/t13-,14+,25?/m0/s1. The van der Waals surface area contributed by atoms with Crippen LogP contribution in [0.4, 0.5) is 0 Å². The van der Waals surface area contributed by atoms with Crippen LogP contribution in [0.1, 0.15) is 27.5 Å². The van der Waals surface area contributed by atoms with E-state index in [2.05, 4.69) is 22.4 Å². The van der Waals surface area contributed by atoms with Gasteiger partial charge in [-0.3, -0.25) is 9.00 Å². The molecule has 0 bridgehead atoms. The van der Waals surface area contributed by atoms with Crippen molar-refractivity contribution in [2.45, 2.75) is 18.4 Å². The highest BCUT2D eigenvalue weighted by Gasteiger charge is 2.34. The molecule has 0 saturated heterocycles. The van der Waals surface area contributed by atoms with Crippen molar-refractivity contribution in [1.29, 1.82) is 0 Å². The molecule has 3 atom stereocenters. The van der Waals surface area contributed by atoms with Crippen LogP contribution in [0, 0.1) is 0 Å². The fourth-order valence-electron chi connectivity index (χ4n) is 3.55. The largest absolute Gasteiger partial charge is 0.347 e. The summed E-state index contributed by atoms with van der Waals surface area (Å²) in [5, 5.41) is 4.08. The van der Waals surface area contributed by atoms with Gasteiger partial charge in [-0.2, -0.15) is 0 Å². The van der Waals surface area contributed by atoms with Gasteiger partial charge in [-0.15, -0.1) is 11.3 Å². The molecule has 25 heavy (non-hydrogen) atoms. The lowest BCUT2D eigenvalue weighted by atomic mass is 10.0. The summed E-state index contributed by atoms with van der Waals surface area (Å²) in [7, 11) is -0.923. The molecule has 3 aromatic rings. The number of benzene rings is 1. The van der Waals surface area contributed by atoms with Crippen molar-refractivity contribution < 1.29 is 9.00 Å². The summed E-state index contributed by atoms with van der Waals surface area (Å²) in [5.41, 5.74) is 2.95. The maximum absolute atomic E-state index is 12.7. The number of hydrogen-bond donors (Lipinski definition) is 2. The predicted octanol–water partition coefficient (Wildman–Crippen LogP) is 3.70. The van der Waals surface area contributed by atoms with E-state index in [9.17, 15) is 9.00 Å². The topological polar surface area (TPSA) is 62.0 Å². The van der Waals surface area contributed by atoms with Crippen LogP contribution in [-0.2, 0) is 17.2 Å². The van der Waals surface area contributed by atoms with Crippen LogP contribution >= 0.6 is 22.9 Å². The third kappa shape index (κ3) is 3.26. The van der Waals surface area contributed by atoms with E-state index in [1.807, 2.05) is 24.3 Å². The highest BCUT2D eigenvalue weighted by molar-refractivity contribution is 7.84. The first-order valence-corrected chi connectivity index (χ1v) is 10.9. The van der Waals surface area contributed by atoms with E-state index in [1.165, 1.54) is 22.5 Å². The number of carbonyl (C=O) groups is 1. The fourth-order valence-corrected chi connectivity index (χ4v) is 5.59. The van der Waals surface area contributed by atoms with Crippen LogP contribution in [0.25, 0.3) is 10.2 Å². The number of aromatic amines is 1. The van der Waals surface area contributed by atoms with Crippen LogP contribution in [0.2, 0.25) is 4.34 Å². The summed E-state index contributed by atoms with van der Waals surface area (Å²) < 4.78 is 12.5. The molecular formula is C18H17ClN2O2S2. The zero-order valence-electron chi connectivity index (χ0n) is 13.5. The lowest BCUT2D eigenvalue weighted by molar-refractivity contribution is 0.0930. The number of aromatic nitrogens is 1. The average molecular weight is 393 g/mol. The Bertz CT molecular complexity index is 947. The number of nitrogens with one attached hydrogen (secondary N) is 2. The number of H-pyrrole nitrogens is 1. The third-order valence-electron chi connectivity index (χ3n) is 4.63. The molecule has 1 amide bonds. The zero-order chi connectivity index (χ0) is 17.6. The second-order valence-electron chi connectivity index (χ2n) is 6.35. The molecular weight excluding hydrogens is 376 g/mol. The monoisotopic (exact) mass is 392 g/mol. The number of thiophene rings is 1. The maximum Gasteiger partial charge on any atom is 0.268 e. The van der Waals surface area contributed by atoms with Crippen LogP contribution in [0.15, 0.2) is 36.4 Å². The highest BCUT2D eigenvalue weighted by Crippen LogP contribution is 2.34. The van der Waals surface area contributed by atoms with E-state index in [1.54, 1.807) is 6.26 Å². The van der Waals surface area contributed by atoms with Crippen molar-refractivity contribution in [3.8, 4) is 0 Å². The van der Waals surface area contributed by atoms with Gasteiger partial charge in [0.1, 0.15) is 10.5 Å². The molecule has 0 aliphatic heterocycles. The lowest BCUT2D eigenvalue weighted by Crippen LogP contribution is -2.39. The second kappa shape index (κ2) is 6.59. The molecule has 2 heterocycles. The Kier molecular flexibility index (Phi) is 4.43. The van der Waals surface area contributed by atoms with Gasteiger partial charge in [0.25, 0.3) is 5.91 Å². The number of carbonyl (C=O) groups excluding carboxylic acids is 1. The molecule has 0 radical (unpaired) electrons. The number of hydrogen-bond acceptors (Lipinski definition) is 3. The van der Waals surface area contributed by atoms with E-state index < -0.39 is 10.8 Å². The van der Waals surface area contributed by atoms with Crippen molar-refractivity contribution in [3.63, 3.8) is 0 Å². The van der Waals surface area contributed by atoms with Gasteiger partial charge in [-0.05, 0) is 29.7 Å². The number of halogens is 1. The van der Waals surface area contributed by atoms with Gasteiger partial charge in [-0.1, -0.05) is 35.9 Å². The van der Waals surface area contributed by atoms with Crippen molar-refractivity contribution in [2.75, 3.05) is 12.0 Å². The summed E-state index contributed by atoms with van der Waals surface area (Å²) in [4.78, 5) is 16.7. The van der Waals surface area contributed by atoms with Crippen molar-refractivity contribution in [3.05, 3.63) is 57.6 Å². The molecule has 0 spiro atoms. The Morgan fingerprint density at radius 2 is 2.20 bits per heavy atom. The molecule has 130 valence electrons. The molecule has 1 aromatic carbocycles. The Morgan fingerprint density at radius 1 is 1.40 bits per heavy atom. The van der Waals surface area contributed by atoms with Gasteiger partial charge in [0.2, 0.25) is 0 Å². The first kappa shape index (κ1) is 16.8. The molecule has 1 aliphatic carbocycles. The van der Waals surface area contributed by atoms with Crippen LogP contribution in [0.5, 0.6) is 0 Å². The van der Waals surface area contributed by atoms with Gasteiger partial charge >= 0.3 is 0 Å². The quantitative estimate of drug-likeness (QED) is 0.711. The van der Waals surface area contributed by atoms with Gasteiger partial charge in [0.05, 0.1) is 4.34 Å². The zero-order valence-corrected chi connectivity index (χ0v) is 15.9. The van der Waals surface area contributed by atoms with Gasteiger partial charge in [-0.25, -0.2) is 0 Å². The molecule has 4 rings (SSSR count). The normalized spacial score (nSPS) is 20.6. The molecule has 0 fully saturated rings. The molecule has 7 heteroatoms. The first-order valence-electron chi connectivity index (χ1n) is 7.98. The Morgan fingerprint density at radius 3 is 2.96 bits per heavy atom. The number of fused-ring (bicyclic) bond motifs is 2. The summed E-state index contributed by atoms with van der Waals surface area (Å²) in [5.74, 6) is 0.498. The summed E-state index contributed by atoms with van der Waals surface area (Å²) in [6.45, 7) is 0. The lowest BCUT2D eigenvalue weighted by Gasteiger charge is -2.20. The van der Waals surface area contributed by atoms with Crippen molar-refractivity contribution in [2.24, 2.45) is 0 Å². The van der Waals surface area contributed by atoms with Gasteiger partial charge in [0, 0.05) is 40.2 Å². The van der Waals surface area contributed by atoms with E-state index in [0.717, 1.165) is 16.6 Å². The molecule has 1 unspecified atom stereocenters. The van der Waals surface area contributed by atoms with Crippen molar-refractivity contribution in [1.82, 2.24) is 10.3 Å². The Hall–Kier alpha value is -1.63. The van der Waals surface area contributed by atoms with Crippen molar-refractivity contribution >= 4 is 49.9 Å². The maximum atomic E-state index is 12.7. The molecule has 1 aliphatic rings. The first-order chi connectivity index (χ1) is 12.0. The highest BCUT2D eigenvalue weighted by atomic mass is 35.5. The SMILES string of the molecule is CS(=O)C[C@H]1c2ccccc2C[C@H]1NC(=O)c1cc2cc(Cl)sc2[nH]1. The average Bonchev–Trinajstić information content (AvgIpc) is 3.19. The molecule has 2 aromatic heterocycles. The summed E-state index contributed by atoms with van der Waals surface area (Å²) in [6.07, 6.45) is 2.48. The fraction of sp³-hybridized carbons (Fsp3) is 0.278. The smallest absolute Gasteiger partial charge is 0.268 e. The number of rotatable bonds is 4. The number of amides is 1. The second-order valence-corrected chi connectivity index (χ2v) is 9.51. The van der Waals surface area contributed by atoms with E-state index >= 15 is 0 Å². The van der Waals surface area contributed by atoms with E-state index in [-0.39, 0.29) is 17.9 Å². The van der Waals surface area contributed by atoms with Gasteiger partial charge < -0.3 is 10.3 Å². The minimum Gasteiger partial charge on any atom is -0.347 e.